The lowest BCUT2D eigenvalue weighted by molar-refractivity contribution is -0.107. The number of carbonyl (C=O) groups excluding carboxylic acids is 1. The Kier molecular flexibility index (Phi) is 2.59. The molecule has 0 N–H and O–H groups in total. The molecular formula is C10H9ClO3. The molecule has 1 aliphatic rings. The van der Waals surface area contributed by atoms with Gasteiger partial charge in [0.1, 0.15) is 6.29 Å². The van der Waals surface area contributed by atoms with E-state index in [-0.39, 0.29) is 6.79 Å². The summed E-state index contributed by atoms with van der Waals surface area (Å²) in [6.07, 6.45) is 1.98. The second kappa shape index (κ2) is 3.88. The van der Waals surface area contributed by atoms with E-state index in [1.807, 2.05) is 0 Å². The second-order valence-electron chi connectivity index (χ2n) is 3.00. The predicted molar refractivity (Wildman–Crippen MR) is 52.0 cm³/mol. The van der Waals surface area contributed by atoms with Crippen LogP contribution in [0.25, 0.3) is 0 Å². The number of carbonyl (C=O) groups is 1. The van der Waals surface area contributed by atoms with Crippen molar-refractivity contribution in [2.45, 2.75) is 12.8 Å². The van der Waals surface area contributed by atoms with E-state index >= 15 is 0 Å². The first-order valence-corrected chi connectivity index (χ1v) is 4.70. The van der Waals surface area contributed by atoms with E-state index in [2.05, 4.69) is 0 Å². The molecule has 0 unspecified atom stereocenters. The maximum atomic E-state index is 10.3. The van der Waals surface area contributed by atoms with Crippen molar-refractivity contribution in [2.24, 2.45) is 0 Å². The summed E-state index contributed by atoms with van der Waals surface area (Å²) in [5.74, 6) is 1.38. The van der Waals surface area contributed by atoms with Gasteiger partial charge in [-0.1, -0.05) is 11.6 Å². The molecule has 3 nitrogen and oxygen atoms in total. The molecule has 4 heteroatoms. The van der Waals surface area contributed by atoms with Crippen LogP contribution < -0.4 is 9.47 Å². The average molecular weight is 213 g/mol. The van der Waals surface area contributed by atoms with Gasteiger partial charge in [-0.05, 0) is 12.5 Å². The van der Waals surface area contributed by atoms with Crippen LogP contribution in [0.2, 0.25) is 5.02 Å². The first-order chi connectivity index (χ1) is 6.81. The van der Waals surface area contributed by atoms with Crippen LogP contribution in [0.15, 0.2) is 12.1 Å². The minimum absolute atomic E-state index is 0.226. The van der Waals surface area contributed by atoms with Gasteiger partial charge in [-0.25, -0.2) is 0 Å². The molecule has 14 heavy (non-hydrogen) atoms. The van der Waals surface area contributed by atoms with Crippen LogP contribution >= 0.6 is 11.6 Å². The lowest BCUT2D eigenvalue weighted by Crippen LogP contribution is -1.94. The fourth-order valence-electron chi connectivity index (χ4n) is 1.45. The van der Waals surface area contributed by atoms with Gasteiger partial charge in [0.05, 0.1) is 0 Å². The lowest BCUT2D eigenvalue weighted by Gasteiger charge is -2.04. The van der Waals surface area contributed by atoms with E-state index in [0.29, 0.717) is 23.6 Å². The number of aldehydes is 1. The van der Waals surface area contributed by atoms with Crippen LogP contribution in [0, 0.1) is 0 Å². The van der Waals surface area contributed by atoms with Crippen LogP contribution in [0.5, 0.6) is 11.5 Å². The Morgan fingerprint density at radius 2 is 2.29 bits per heavy atom. The molecule has 0 amide bonds. The number of hydrogen-bond acceptors (Lipinski definition) is 3. The van der Waals surface area contributed by atoms with E-state index in [9.17, 15) is 4.79 Å². The number of rotatable bonds is 3. The summed E-state index contributed by atoms with van der Waals surface area (Å²) in [5.41, 5.74) is 0.928. The maximum absolute atomic E-state index is 10.3. The van der Waals surface area contributed by atoms with E-state index in [4.69, 9.17) is 21.1 Å². The lowest BCUT2D eigenvalue weighted by atomic mass is 10.1. The van der Waals surface area contributed by atoms with Crippen molar-refractivity contribution < 1.29 is 14.3 Å². The molecule has 1 aromatic rings. The maximum Gasteiger partial charge on any atom is 0.231 e. The Bertz CT molecular complexity index is 363. The van der Waals surface area contributed by atoms with E-state index in [1.165, 1.54) is 0 Å². The zero-order valence-electron chi connectivity index (χ0n) is 7.46. The Labute approximate surface area is 86.6 Å². The molecule has 0 bridgehead atoms. The molecule has 1 heterocycles. The van der Waals surface area contributed by atoms with Crippen molar-refractivity contribution in [3.8, 4) is 11.5 Å². The highest BCUT2D eigenvalue weighted by Gasteiger charge is 2.18. The molecule has 1 aromatic carbocycles. The third-order valence-electron chi connectivity index (χ3n) is 2.05. The molecule has 0 atom stereocenters. The quantitative estimate of drug-likeness (QED) is 0.721. The van der Waals surface area contributed by atoms with Crippen LogP contribution in [-0.2, 0) is 11.2 Å². The summed E-state index contributed by atoms with van der Waals surface area (Å²) in [6, 6.07) is 3.52. The number of benzene rings is 1. The number of ether oxygens (including phenoxy) is 2. The van der Waals surface area contributed by atoms with E-state index in [1.54, 1.807) is 12.1 Å². The second-order valence-corrected chi connectivity index (χ2v) is 3.44. The van der Waals surface area contributed by atoms with Gasteiger partial charge < -0.3 is 14.3 Å². The molecular weight excluding hydrogens is 204 g/mol. The Morgan fingerprint density at radius 1 is 1.43 bits per heavy atom. The van der Waals surface area contributed by atoms with Gasteiger partial charge in [0.25, 0.3) is 0 Å². The molecule has 74 valence electrons. The third kappa shape index (κ3) is 1.68. The van der Waals surface area contributed by atoms with Gasteiger partial charge in [-0.15, -0.1) is 0 Å². The van der Waals surface area contributed by atoms with Crippen LogP contribution in [0.1, 0.15) is 12.0 Å². The third-order valence-corrected chi connectivity index (χ3v) is 2.26. The minimum Gasteiger partial charge on any atom is -0.454 e. The highest BCUT2D eigenvalue weighted by atomic mass is 35.5. The fourth-order valence-corrected chi connectivity index (χ4v) is 1.68. The summed E-state index contributed by atoms with van der Waals surface area (Å²) in [6.45, 7) is 0.226. The molecule has 0 saturated carbocycles. The van der Waals surface area contributed by atoms with Gasteiger partial charge in [-0.2, -0.15) is 0 Å². The predicted octanol–water partition coefficient (Wildman–Crippen LogP) is 2.20. The SMILES string of the molecule is O=CCCc1cc(Cl)cc2c1OCO2. The van der Waals surface area contributed by atoms with Crippen molar-refractivity contribution in [2.75, 3.05) is 6.79 Å². The normalized spacial score (nSPS) is 12.9. The molecule has 0 radical (unpaired) electrons. The van der Waals surface area contributed by atoms with E-state index < -0.39 is 0 Å². The molecule has 0 fully saturated rings. The zero-order chi connectivity index (χ0) is 9.97. The topological polar surface area (TPSA) is 35.5 Å². The summed E-state index contributed by atoms with van der Waals surface area (Å²) in [5, 5.41) is 0.607. The fraction of sp³-hybridized carbons (Fsp3) is 0.300. The summed E-state index contributed by atoms with van der Waals surface area (Å²) < 4.78 is 10.5. The molecule has 0 aromatic heterocycles. The zero-order valence-corrected chi connectivity index (χ0v) is 8.21. The first-order valence-electron chi connectivity index (χ1n) is 4.33. The van der Waals surface area contributed by atoms with Crippen molar-refractivity contribution in [1.82, 2.24) is 0 Å². The van der Waals surface area contributed by atoms with Gasteiger partial charge in [-0.3, -0.25) is 0 Å². The van der Waals surface area contributed by atoms with Crippen molar-refractivity contribution in [3.63, 3.8) is 0 Å². The van der Waals surface area contributed by atoms with Crippen molar-refractivity contribution in [1.29, 1.82) is 0 Å². The Hall–Kier alpha value is -1.22. The molecule has 2 rings (SSSR count). The Balaban J connectivity index is 2.33. The van der Waals surface area contributed by atoms with Crippen LogP contribution in [0.4, 0.5) is 0 Å². The van der Waals surface area contributed by atoms with Gasteiger partial charge >= 0.3 is 0 Å². The molecule has 0 spiro atoms. The van der Waals surface area contributed by atoms with Crippen LogP contribution in [-0.4, -0.2) is 13.1 Å². The number of hydrogen-bond donors (Lipinski definition) is 0. The highest BCUT2D eigenvalue weighted by molar-refractivity contribution is 6.30. The van der Waals surface area contributed by atoms with Gasteiger partial charge in [0.15, 0.2) is 11.5 Å². The molecule has 0 saturated heterocycles. The smallest absolute Gasteiger partial charge is 0.231 e. The number of aryl methyl sites for hydroxylation is 1. The monoisotopic (exact) mass is 212 g/mol. The van der Waals surface area contributed by atoms with Gasteiger partial charge in [0.2, 0.25) is 6.79 Å². The van der Waals surface area contributed by atoms with Gasteiger partial charge in [0, 0.05) is 23.1 Å². The number of halogens is 1. The van der Waals surface area contributed by atoms with E-state index in [0.717, 1.165) is 17.6 Å². The molecule has 0 aliphatic carbocycles. The first kappa shape index (κ1) is 9.34. The average Bonchev–Trinajstić information content (AvgIpc) is 2.61. The Morgan fingerprint density at radius 3 is 3.07 bits per heavy atom. The minimum atomic E-state index is 0.226. The van der Waals surface area contributed by atoms with Crippen LogP contribution in [0.3, 0.4) is 0 Å². The highest BCUT2D eigenvalue weighted by Crippen LogP contribution is 2.38. The largest absolute Gasteiger partial charge is 0.454 e. The van der Waals surface area contributed by atoms with Crippen molar-refractivity contribution >= 4 is 17.9 Å². The molecule has 1 aliphatic heterocycles. The summed E-state index contributed by atoms with van der Waals surface area (Å²) >= 11 is 5.88. The van der Waals surface area contributed by atoms with Crippen molar-refractivity contribution in [3.05, 3.63) is 22.7 Å². The standard InChI is InChI=1S/C10H9ClO3/c11-8-4-7(2-1-3-12)10-9(5-8)13-6-14-10/h3-5H,1-2,6H2. The summed E-state index contributed by atoms with van der Waals surface area (Å²) in [7, 11) is 0. The summed E-state index contributed by atoms with van der Waals surface area (Å²) in [4.78, 5) is 10.3. The number of fused-ring (bicyclic) bond motifs is 1.